The monoisotopic (exact) mass is 194 g/mol. The number of aryl methyl sites for hydroxylation is 1. The van der Waals surface area contributed by atoms with Crippen molar-refractivity contribution < 1.29 is 4.79 Å². The largest absolute Gasteiger partial charge is 0.285 e. The van der Waals surface area contributed by atoms with Crippen molar-refractivity contribution in [3.05, 3.63) is 29.0 Å². The van der Waals surface area contributed by atoms with Crippen LogP contribution in [0.3, 0.4) is 0 Å². The van der Waals surface area contributed by atoms with E-state index in [-0.39, 0.29) is 5.78 Å². The van der Waals surface area contributed by atoms with Gasteiger partial charge in [-0.1, -0.05) is 4.49 Å². The van der Waals surface area contributed by atoms with Crippen molar-refractivity contribution in [2.45, 2.75) is 0 Å². The summed E-state index contributed by atoms with van der Waals surface area (Å²) in [6, 6.07) is 1.65. The molecular weight excluding hydrogens is 188 g/mol. The van der Waals surface area contributed by atoms with Gasteiger partial charge in [-0.3, -0.25) is 9.48 Å². The van der Waals surface area contributed by atoms with Gasteiger partial charge < -0.3 is 0 Å². The fourth-order valence-electron chi connectivity index (χ4n) is 0.931. The third-order valence-corrected chi connectivity index (χ3v) is 2.04. The number of rotatable bonds is 2. The molecule has 0 aliphatic rings. The summed E-state index contributed by atoms with van der Waals surface area (Å²) in [6.07, 6.45) is 1.72. The second-order valence-electron chi connectivity index (χ2n) is 2.49. The van der Waals surface area contributed by atoms with E-state index in [1.54, 1.807) is 29.4 Å². The molecule has 0 saturated carbocycles. The van der Waals surface area contributed by atoms with Gasteiger partial charge in [0.15, 0.2) is 0 Å². The summed E-state index contributed by atoms with van der Waals surface area (Å²) in [4.78, 5) is 11.5. The smallest absolute Gasteiger partial charge is 0.234 e. The normalized spacial score (nSPS) is 10.2. The maximum absolute atomic E-state index is 11.5. The van der Waals surface area contributed by atoms with Gasteiger partial charge in [0, 0.05) is 18.6 Å². The van der Waals surface area contributed by atoms with Crippen molar-refractivity contribution in [2.24, 2.45) is 7.05 Å². The first-order valence-electron chi connectivity index (χ1n) is 3.59. The summed E-state index contributed by atoms with van der Waals surface area (Å²) in [5.41, 5.74) is 0.749. The molecule has 13 heavy (non-hydrogen) atoms. The molecule has 0 atom stereocenters. The van der Waals surface area contributed by atoms with Gasteiger partial charge in [0.1, 0.15) is 11.4 Å². The lowest BCUT2D eigenvalue weighted by Crippen LogP contribution is -2.03. The van der Waals surface area contributed by atoms with E-state index >= 15 is 0 Å². The molecule has 5 nitrogen and oxygen atoms in total. The maximum Gasteiger partial charge on any atom is 0.234 e. The summed E-state index contributed by atoms with van der Waals surface area (Å²) in [7, 11) is 1.76. The number of ketones is 1. The van der Waals surface area contributed by atoms with Crippen LogP contribution in [0.25, 0.3) is 0 Å². The molecule has 0 aliphatic heterocycles. The van der Waals surface area contributed by atoms with Gasteiger partial charge in [0.05, 0.1) is 0 Å². The highest BCUT2D eigenvalue weighted by atomic mass is 32.1. The Morgan fingerprint density at radius 2 is 2.38 bits per heavy atom. The zero-order valence-electron chi connectivity index (χ0n) is 6.84. The van der Waals surface area contributed by atoms with Gasteiger partial charge in [0.2, 0.25) is 5.78 Å². The lowest BCUT2D eigenvalue weighted by Gasteiger charge is -1.88. The van der Waals surface area contributed by atoms with Gasteiger partial charge >= 0.3 is 0 Å². The van der Waals surface area contributed by atoms with E-state index in [4.69, 9.17) is 0 Å². The predicted molar refractivity (Wildman–Crippen MR) is 46.5 cm³/mol. The molecule has 0 aromatic carbocycles. The molecule has 0 fully saturated rings. The first kappa shape index (κ1) is 8.06. The Morgan fingerprint density at radius 1 is 1.54 bits per heavy atom. The van der Waals surface area contributed by atoms with Crippen LogP contribution >= 0.6 is 11.5 Å². The van der Waals surface area contributed by atoms with Crippen LogP contribution in [-0.2, 0) is 7.05 Å². The minimum absolute atomic E-state index is 0.186. The van der Waals surface area contributed by atoms with E-state index in [1.807, 2.05) is 0 Å². The molecule has 0 N–H and O–H groups in total. The molecule has 0 spiro atoms. The molecule has 2 rings (SSSR count). The van der Waals surface area contributed by atoms with Crippen molar-refractivity contribution in [1.29, 1.82) is 0 Å². The van der Waals surface area contributed by atoms with Gasteiger partial charge in [-0.05, 0) is 17.6 Å². The van der Waals surface area contributed by atoms with E-state index in [2.05, 4.69) is 14.7 Å². The highest BCUT2D eigenvalue weighted by Gasteiger charge is 2.13. The quantitative estimate of drug-likeness (QED) is 0.653. The average Bonchev–Trinajstić information content (AvgIpc) is 2.72. The molecule has 2 heterocycles. The Kier molecular flexibility index (Phi) is 1.90. The van der Waals surface area contributed by atoms with Gasteiger partial charge in [-0.2, -0.15) is 5.10 Å². The Balaban J connectivity index is 2.33. The third-order valence-electron chi connectivity index (χ3n) is 1.54. The van der Waals surface area contributed by atoms with Crippen LogP contribution in [-0.4, -0.2) is 25.2 Å². The van der Waals surface area contributed by atoms with Crippen LogP contribution in [0.4, 0.5) is 0 Å². The van der Waals surface area contributed by atoms with E-state index in [1.165, 1.54) is 0 Å². The molecule has 0 bridgehead atoms. The van der Waals surface area contributed by atoms with E-state index < -0.39 is 0 Å². The number of hydrogen-bond donors (Lipinski definition) is 0. The Bertz CT molecular complexity index is 419. The van der Waals surface area contributed by atoms with E-state index in [0.717, 1.165) is 11.5 Å². The summed E-state index contributed by atoms with van der Waals surface area (Å²) < 4.78 is 5.19. The van der Waals surface area contributed by atoms with E-state index in [0.29, 0.717) is 11.4 Å². The van der Waals surface area contributed by atoms with E-state index in [9.17, 15) is 4.79 Å². The lowest BCUT2D eigenvalue weighted by molar-refractivity contribution is 0.102. The number of nitrogens with zero attached hydrogens (tertiary/aromatic N) is 4. The van der Waals surface area contributed by atoms with Crippen LogP contribution in [0.15, 0.2) is 17.6 Å². The van der Waals surface area contributed by atoms with Crippen LogP contribution in [0.1, 0.15) is 16.2 Å². The van der Waals surface area contributed by atoms with Crippen molar-refractivity contribution in [2.75, 3.05) is 0 Å². The second kappa shape index (κ2) is 3.06. The molecule has 0 saturated heterocycles. The third kappa shape index (κ3) is 1.48. The zero-order chi connectivity index (χ0) is 9.26. The number of hydrogen-bond acceptors (Lipinski definition) is 5. The average molecular weight is 194 g/mol. The first-order valence-corrected chi connectivity index (χ1v) is 4.42. The summed E-state index contributed by atoms with van der Waals surface area (Å²) >= 11 is 1.15. The molecular formula is C7H6N4OS. The van der Waals surface area contributed by atoms with Crippen molar-refractivity contribution in [3.63, 3.8) is 0 Å². The standard InChI is InChI=1S/C7H6N4OS/c1-11-3-2-5(9-11)7(12)6-4-13-10-8-6/h2-4H,1H3. The van der Waals surface area contributed by atoms with Gasteiger partial charge in [-0.25, -0.2) is 0 Å². The molecule has 0 amide bonds. The molecule has 2 aromatic rings. The second-order valence-corrected chi connectivity index (χ2v) is 3.10. The van der Waals surface area contributed by atoms with Crippen LogP contribution in [0.5, 0.6) is 0 Å². The predicted octanol–water partition coefficient (Wildman–Crippen LogP) is 0.503. The molecule has 0 aliphatic carbocycles. The highest BCUT2D eigenvalue weighted by Crippen LogP contribution is 2.05. The van der Waals surface area contributed by atoms with Crippen LogP contribution in [0.2, 0.25) is 0 Å². The first-order chi connectivity index (χ1) is 6.27. The van der Waals surface area contributed by atoms with Crippen molar-refractivity contribution >= 4 is 17.3 Å². The molecule has 66 valence electrons. The fourth-order valence-corrected chi connectivity index (χ4v) is 1.37. The summed E-state index contributed by atoms with van der Waals surface area (Å²) in [5, 5.41) is 9.25. The number of carbonyl (C=O) groups excluding carboxylic acids is 1. The maximum atomic E-state index is 11.5. The van der Waals surface area contributed by atoms with Gasteiger partial charge in [-0.15, -0.1) is 5.10 Å². The van der Waals surface area contributed by atoms with Gasteiger partial charge in [0.25, 0.3) is 0 Å². The highest BCUT2D eigenvalue weighted by molar-refractivity contribution is 7.03. The zero-order valence-corrected chi connectivity index (χ0v) is 7.65. The van der Waals surface area contributed by atoms with Crippen LogP contribution in [0, 0.1) is 0 Å². The molecule has 0 unspecified atom stereocenters. The van der Waals surface area contributed by atoms with Crippen molar-refractivity contribution in [1.82, 2.24) is 19.4 Å². The topological polar surface area (TPSA) is 60.7 Å². The molecule has 6 heteroatoms. The number of aromatic nitrogens is 4. The summed E-state index contributed by atoms with van der Waals surface area (Å²) in [6.45, 7) is 0. The fraction of sp³-hybridized carbons (Fsp3) is 0.143. The van der Waals surface area contributed by atoms with Crippen molar-refractivity contribution in [3.8, 4) is 0 Å². The Labute approximate surface area is 78.2 Å². The summed E-state index contributed by atoms with van der Waals surface area (Å²) in [5.74, 6) is -0.186. The lowest BCUT2D eigenvalue weighted by atomic mass is 10.2. The number of carbonyl (C=O) groups is 1. The molecule has 2 aromatic heterocycles. The minimum Gasteiger partial charge on any atom is -0.285 e. The SMILES string of the molecule is Cn1ccc(C(=O)c2csnn2)n1. The minimum atomic E-state index is -0.186. The molecule has 0 radical (unpaired) electrons. The Hall–Kier alpha value is -1.56. The van der Waals surface area contributed by atoms with Crippen LogP contribution < -0.4 is 0 Å². The Morgan fingerprint density at radius 3 is 2.92 bits per heavy atom.